The minimum absolute atomic E-state index is 0.356. The van der Waals surface area contributed by atoms with E-state index in [1.807, 2.05) is 98.3 Å². The lowest BCUT2D eigenvalue weighted by atomic mass is 10.1. The van der Waals surface area contributed by atoms with Gasteiger partial charge in [-0.05, 0) is 80.9 Å². The van der Waals surface area contributed by atoms with Gasteiger partial charge in [0.1, 0.15) is 17.1 Å². The molecule has 0 spiro atoms. The summed E-state index contributed by atoms with van der Waals surface area (Å²) in [7, 11) is 1.72. The fourth-order valence-corrected chi connectivity index (χ4v) is 3.53. The molecule has 2 aromatic heterocycles. The number of hydrogen-bond acceptors (Lipinski definition) is 4. The van der Waals surface area contributed by atoms with Crippen LogP contribution in [0.1, 0.15) is 31.9 Å². The summed E-state index contributed by atoms with van der Waals surface area (Å²) in [5, 5.41) is 1.09. The number of ether oxygens (including phenoxy) is 1. The first-order valence-electron chi connectivity index (χ1n) is 11.1. The third-order valence-electron chi connectivity index (χ3n) is 5.20. The van der Waals surface area contributed by atoms with Crippen molar-refractivity contribution in [3.05, 3.63) is 90.3 Å². The van der Waals surface area contributed by atoms with Crippen molar-refractivity contribution >= 4 is 28.6 Å². The van der Waals surface area contributed by atoms with Crippen LogP contribution < -0.4 is 5.73 Å². The molecule has 7 nitrogen and oxygen atoms in total. The van der Waals surface area contributed by atoms with E-state index in [-0.39, 0.29) is 6.09 Å². The quantitative estimate of drug-likeness (QED) is 0.321. The minimum atomic E-state index is -0.522. The number of rotatable bonds is 5. The molecule has 0 unspecified atom stereocenters. The van der Waals surface area contributed by atoms with Gasteiger partial charge in [0.25, 0.3) is 0 Å². The molecule has 2 heterocycles. The molecule has 0 aliphatic heterocycles. The van der Waals surface area contributed by atoms with Crippen LogP contribution in [0.4, 0.5) is 10.5 Å². The van der Waals surface area contributed by atoms with Crippen LogP contribution in [0.3, 0.4) is 0 Å². The number of nitrogens with two attached hydrogens (primary N) is 1. The van der Waals surface area contributed by atoms with E-state index in [1.165, 1.54) is 0 Å². The third-order valence-corrected chi connectivity index (χ3v) is 5.20. The second kappa shape index (κ2) is 9.39. The van der Waals surface area contributed by atoms with Crippen LogP contribution in [0, 0.1) is 0 Å². The number of amides is 1. The van der Waals surface area contributed by atoms with Crippen LogP contribution >= 0.6 is 0 Å². The molecule has 0 atom stereocenters. The number of aromatic nitrogens is 2. The molecule has 174 valence electrons. The van der Waals surface area contributed by atoms with Crippen LogP contribution in [-0.4, -0.2) is 39.0 Å². The molecule has 2 N–H and O–H groups in total. The highest BCUT2D eigenvalue weighted by Gasteiger charge is 2.19. The van der Waals surface area contributed by atoms with Crippen molar-refractivity contribution < 1.29 is 9.53 Å². The number of nitrogens with zero attached hydrogens (tertiary/aromatic N) is 4. The van der Waals surface area contributed by atoms with Gasteiger partial charge in [-0.2, -0.15) is 0 Å². The van der Waals surface area contributed by atoms with E-state index in [1.54, 1.807) is 18.1 Å². The lowest BCUT2D eigenvalue weighted by Gasteiger charge is -2.24. The second-order valence-corrected chi connectivity index (χ2v) is 9.15. The van der Waals surface area contributed by atoms with Crippen molar-refractivity contribution in [1.82, 2.24) is 14.5 Å². The van der Waals surface area contributed by atoms with Gasteiger partial charge in [-0.3, -0.25) is 0 Å². The number of carbonyl (C=O) groups excluding carboxylic acids is 1. The number of amidine groups is 1. The van der Waals surface area contributed by atoms with Crippen molar-refractivity contribution in [2.24, 2.45) is 10.7 Å². The first-order valence-corrected chi connectivity index (χ1v) is 11.1. The maximum Gasteiger partial charge on any atom is 0.410 e. The number of fused-ring (bicyclic) bond motifs is 1. The Kier molecular flexibility index (Phi) is 6.36. The van der Waals surface area contributed by atoms with Gasteiger partial charge in [-0.25, -0.2) is 14.8 Å². The van der Waals surface area contributed by atoms with Crippen molar-refractivity contribution in [3.8, 4) is 5.69 Å². The second-order valence-electron chi connectivity index (χ2n) is 9.15. The number of hydrogen-bond donors (Lipinski definition) is 1. The van der Waals surface area contributed by atoms with Crippen LogP contribution in [0.25, 0.3) is 16.7 Å². The van der Waals surface area contributed by atoms with Gasteiger partial charge >= 0.3 is 6.09 Å². The smallest absolute Gasteiger partial charge is 0.410 e. The molecule has 0 fully saturated rings. The first kappa shape index (κ1) is 23.0. The number of pyridine rings is 1. The Morgan fingerprint density at radius 1 is 1.06 bits per heavy atom. The van der Waals surface area contributed by atoms with Crippen LogP contribution in [0.5, 0.6) is 0 Å². The summed E-state index contributed by atoms with van der Waals surface area (Å²) in [5.41, 5.74) is 10.2. The van der Waals surface area contributed by atoms with Crippen molar-refractivity contribution in [1.29, 1.82) is 0 Å². The normalized spacial score (nSPS) is 12.1. The molecule has 1 amide bonds. The van der Waals surface area contributed by atoms with Crippen molar-refractivity contribution in [2.45, 2.75) is 32.9 Å². The average molecular weight is 456 g/mol. The lowest BCUT2D eigenvalue weighted by molar-refractivity contribution is 0.0285. The van der Waals surface area contributed by atoms with E-state index in [9.17, 15) is 4.79 Å². The monoisotopic (exact) mass is 455 g/mol. The highest BCUT2D eigenvalue weighted by molar-refractivity contribution is 5.99. The molecule has 2 aromatic carbocycles. The molecule has 7 heteroatoms. The summed E-state index contributed by atoms with van der Waals surface area (Å²) in [5.74, 6) is 0.431. The highest BCUT2D eigenvalue weighted by atomic mass is 16.6. The van der Waals surface area contributed by atoms with Crippen molar-refractivity contribution in [3.63, 3.8) is 0 Å². The Morgan fingerprint density at radius 3 is 2.44 bits per heavy atom. The average Bonchev–Trinajstić information content (AvgIpc) is 3.23. The SMILES string of the molecule is CN(Cc1ccc(/N=C(\N)c2ccc(-n3ccc4cccnc43)cc2)cc1)C(=O)OC(C)(C)C. The van der Waals surface area contributed by atoms with E-state index in [2.05, 4.69) is 9.98 Å². The standard InChI is InChI=1S/C27H29N5O2/c1-27(2,3)34-26(33)31(4)18-19-7-11-22(12-8-19)30-24(28)20-9-13-23(14-10-20)32-17-15-21-6-5-16-29-25(21)32/h5-17H,18H2,1-4H3,(H2,28,30). The van der Waals surface area contributed by atoms with Gasteiger partial charge in [0, 0.05) is 42.6 Å². The van der Waals surface area contributed by atoms with Crippen molar-refractivity contribution in [2.75, 3.05) is 7.05 Å². The predicted molar refractivity (Wildman–Crippen MR) is 136 cm³/mol. The third kappa shape index (κ3) is 5.43. The molecule has 0 aliphatic rings. The van der Waals surface area contributed by atoms with Crippen LogP contribution in [-0.2, 0) is 11.3 Å². The topological polar surface area (TPSA) is 85.7 Å². The Hall–Kier alpha value is -4.13. The lowest BCUT2D eigenvalue weighted by Crippen LogP contribution is -2.33. The number of carbonyl (C=O) groups is 1. The van der Waals surface area contributed by atoms with Gasteiger partial charge in [-0.15, -0.1) is 0 Å². The Labute approximate surface area is 199 Å². The van der Waals surface area contributed by atoms with E-state index in [0.717, 1.165) is 33.5 Å². The predicted octanol–water partition coefficient (Wildman–Crippen LogP) is 5.43. The van der Waals surface area contributed by atoms with Gasteiger partial charge in [0.2, 0.25) is 0 Å². The summed E-state index contributed by atoms with van der Waals surface area (Å²) < 4.78 is 7.43. The van der Waals surface area contributed by atoms with E-state index < -0.39 is 5.60 Å². The molecule has 0 saturated heterocycles. The molecular weight excluding hydrogens is 426 g/mol. The Bertz CT molecular complexity index is 1320. The molecule has 34 heavy (non-hydrogen) atoms. The Morgan fingerprint density at radius 2 is 1.76 bits per heavy atom. The summed E-state index contributed by atoms with van der Waals surface area (Å²) in [4.78, 5) is 22.7. The minimum Gasteiger partial charge on any atom is -0.444 e. The molecule has 0 saturated carbocycles. The summed E-state index contributed by atoms with van der Waals surface area (Å²) in [6.07, 6.45) is 3.44. The molecule has 4 aromatic rings. The number of aliphatic imine (C=N–C) groups is 1. The van der Waals surface area contributed by atoms with Gasteiger partial charge < -0.3 is 19.9 Å². The zero-order valence-corrected chi connectivity index (χ0v) is 19.9. The highest BCUT2D eigenvalue weighted by Crippen LogP contribution is 2.20. The van der Waals surface area contributed by atoms with Crippen LogP contribution in [0.2, 0.25) is 0 Å². The van der Waals surface area contributed by atoms with E-state index >= 15 is 0 Å². The van der Waals surface area contributed by atoms with E-state index in [0.29, 0.717) is 12.4 Å². The van der Waals surface area contributed by atoms with E-state index in [4.69, 9.17) is 10.5 Å². The zero-order valence-electron chi connectivity index (χ0n) is 19.9. The fourth-order valence-electron chi connectivity index (χ4n) is 3.53. The molecule has 0 radical (unpaired) electrons. The number of benzene rings is 2. The summed E-state index contributed by atoms with van der Waals surface area (Å²) >= 11 is 0. The molecular formula is C27H29N5O2. The molecule has 4 rings (SSSR count). The van der Waals surface area contributed by atoms with Gasteiger partial charge in [0.15, 0.2) is 0 Å². The van der Waals surface area contributed by atoms with Crippen LogP contribution in [0.15, 0.2) is 84.1 Å². The summed E-state index contributed by atoms with van der Waals surface area (Å²) in [6.45, 7) is 5.99. The summed E-state index contributed by atoms with van der Waals surface area (Å²) in [6, 6.07) is 21.6. The fraction of sp³-hybridized carbons (Fsp3) is 0.222. The largest absolute Gasteiger partial charge is 0.444 e. The maximum atomic E-state index is 12.2. The zero-order chi connectivity index (χ0) is 24.3. The molecule has 0 aliphatic carbocycles. The maximum absolute atomic E-state index is 12.2. The van der Waals surface area contributed by atoms with Gasteiger partial charge in [0.05, 0.1) is 5.69 Å². The Balaban J connectivity index is 1.43. The first-order chi connectivity index (χ1) is 16.2. The molecule has 0 bridgehead atoms. The van der Waals surface area contributed by atoms with Gasteiger partial charge in [-0.1, -0.05) is 12.1 Å².